The molecule has 0 radical (unpaired) electrons. The van der Waals surface area contributed by atoms with Gasteiger partial charge in [0, 0.05) is 19.1 Å². The maximum atomic E-state index is 11.5. The predicted octanol–water partition coefficient (Wildman–Crippen LogP) is 0.677. The number of benzene rings is 1. The fourth-order valence-electron chi connectivity index (χ4n) is 2.49. The first-order valence-electron chi connectivity index (χ1n) is 6.77. The zero-order valence-corrected chi connectivity index (χ0v) is 12.0. The van der Waals surface area contributed by atoms with Gasteiger partial charge < -0.3 is 10.6 Å². The Morgan fingerprint density at radius 1 is 1.16 bits per heavy atom. The molecule has 4 nitrogen and oxygen atoms in total. The zero-order chi connectivity index (χ0) is 13.7. The number of nitrogens with two attached hydrogens (primary N) is 1. The van der Waals surface area contributed by atoms with Crippen LogP contribution >= 0.6 is 0 Å². The molecule has 2 N–H and O–H groups in total. The van der Waals surface area contributed by atoms with E-state index in [1.54, 1.807) is 0 Å². The summed E-state index contributed by atoms with van der Waals surface area (Å²) in [6.07, 6.45) is 1.56. The molecule has 1 aliphatic heterocycles. The molecule has 0 spiro atoms. The molecule has 5 heteroatoms. The molecular weight excluding hydrogens is 260 g/mol. The van der Waals surface area contributed by atoms with Crippen LogP contribution in [0.25, 0.3) is 0 Å². The van der Waals surface area contributed by atoms with Gasteiger partial charge in [-0.15, -0.1) is 0 Å². The minimum Gasteiger partial charge on any atom is -0.326 e. The summed E-state index contributed by atoms with van der Waals surface area (Å²) in [5.74, 6) is 0.586. The van der Waals surface area contributed by atoms with E-state index in [2.05, 4.69) is 17.0 Å². The van der Waals surface area contributed by atoms with E-state index in [0.29, 0.717) is 12.3 Å². The van der Waals surface area contributed by atoms with Crippen molar-refractivity contribution in [3.8, 4) is 0 Å². The summed E-state index contributed by atoms with van der Waals surface area (Å²) in [7, 11) is -2.83. The first kappa shape index (κ1) is 14.5. The maximum Gasteiger partial charge on any atom is 0.151 e. The van der Waals surface area contributed by atoms with Gasteiger partial charge in [0.2, 0.25) is 0 Å². The number of hydrogen-bond acceptors (Lipinski definition) is 4. The van der Waals surface area contributed by atoms with Crippen LogP contribution in [0, 0.1) is 0 Å². The van der Waals surface area contributed by atoms with Gasteiger partial charge in [0.15, 0.2) is 9.84 Å². The van der Waals surface area contributed by atoms with E-state index in [1.165, 1.54) is 5.56 Å². The minimum absolute atomic E-state index is 0.0585. The summed E-state index contributed by atoms with van der Waals surface area (Å²) < 4.78 is 23.1. The first-order valence-corrected chi connectivity index (χ1v) is 8.59. The molecule has 1 fully saturated rings. The summed E-state index contributed by atoms with van der Waals surface area (Å²) in [6.45, 7) is 2.22. The minimum atomic E-state index is -2.83. The molecule has 1 heterocycles. The van der Waals surface area contributed by atoms with Crippen molar-refractivity contribution in [1.82, 2.24) is 4.90 Å². The zero-order valence-electron chi connectivity index (χ0n) is 11.2. The Bertz CT molecular complexity index is 487. The number of nitrogens with zero attached hydrogens (tertiary/aromatic N) is 1. The third-order valence-electron chi connectivity index (χ3n) is 3.48. The van der Waals surface area contributed by atoms with Crippen molar-refractivity contribution >= 4 is 9.84 Å². The Morgan fingerprint density at radius 2 is 1.89 bits per heavy atom. The second kappa shape index (κ2) is 6.50. The Balaban J connectivity index is 1.84. The van der Waals surface area contributed by atoms with Crippen molar-refractivity contribution in [3.05, 3.63) is 35.9 Å². The highest BCUT2D eigenvalue weighted by molar-refractivity contribution is 7.91. The SMILES string of the molecule is NC(Cc1ccccc1)CN1CCCS(=O)(=O)CC1. The lowest BCUT2D eigenvalue weighted by atomic mass is 10.1. The molecule has 1 saturated heterocycles. The van der Waals surface area contributed by atoms with E-state index < -0.39 is 9.84 Å². The van der Waals surface area contributed by atoms with Crippen LogP contribution in [-0.4, -0.2) is 50.5 Å². The lowest BCUT2D eigenvalue weighted by Crippen LogP contribution is -2.40. The second-order valence-corrected chi connectivity index (χ2v) is 7.56. The Labute approximate surface area is 115 Å². The highest BCUT2D eigenvalue weighted by Gasteiger charge is 2.20. The molecule has 2 rings (SSSR count). The van der Waals surface area contributed by atoms with Crippen LogP contribution < -0.4 is 5.73 Å². The Morgan fingerprint density at radius 3 is 2.63 bits per heavy atom. The van der Waals surface area contributed by atoms with Crippen LogP contribution in [-0.2, 0) is 16.3 Å². The standard InChI is InChI=1S/C14H22N2O2S/c15-14(11-13-5-2-1-3-6-13)12-16-7-4-9-19(17,18)10-8-16/h1-3,5-6,14H,4,7-12,15H2. The molecular formula is C14H22N2O2S. The van der Waals surface area contributed by atoms with Crippen molar-refractivity contribution in [2.24, 2.45) is 5.73 Å². The predicted molar refractivity (Wildman–Crippen MR) is 77.8 cm³/mol. The fraction of sp³-hybridized carbons (Fsp3) is 0.571. The molecule has 0 saturated carbocycles. The quantitative estimate of drug-likeness (QED) is 0.882. The highest BCUT2D eigenvalue weighted by atomic mass is 32.2. The monoisotopic (exact) mass is 282 g/mol. The van der Waals surface area contributed by atoms with Crippen LogP contribution in [0.2, 0.25) is 0 Å². The van der Waals surface area contributed by atoms with Gasteiger partial charge in [-0.2, -0.15) is 0 Å². The molecule has 1 aliphatic rings. The van der Waals surface area contributed by atoms with Crippen molar-refractivity contribution < 1.29 is 8.42 Å². The third-order valence-corrected chi connectivity index (χ3v) is 5.20. The molecule has 1 unspecified atom stereocenters. The normalized spacial score (nSPS) is 21.7. The summed E-state index contributed by atoms with van der Waals surface area (Å²) in [4.78, 5) is 2.18. The molecule has 0 amide bonds. The topological polar surface area (TPSA) is 63.4 Å². The summed E-state index contributed by atoms with van der Waals surface area (Å²) in [5.41, 5.74) is 7.40. The van der Waals surface area contributed by atoms with Gasteiger partial charge in [-0.05, 0) is 24.9 Å². The van der Waals surface area contributed by atoms with E-state index in [1.807, 2.05) is 18.2 Å². The van der Waals surface area contributed by atoms with Crippen LogP contribution in [0.4, 0.5) is 0 Å². The third kappa shape index (κ3) is 4.93. The number of sulfone groups is 1. The number of rotatable bonds is 4. The van der Waals surface area contributed by atoms with E-state index in [-0.39, 0.29) is 11.8 Å². The van der Waals surface area contributed by atoms with Crippen LogP contribution in [0.5, 0.6) is 0 Å². The van der Waals surface area contributed by atoms with Crippen LogP contribution in [0.15, 0.2) is 30.3 Å². The molecule has 1 aromatic carbocycles. The van der Waals surface area contributed by atoms with Crippen molar-refractivity contribution in [2.45, 2.75) is 18.9 Å². The fourth-order valence-corrected chi connectivity index (χ4v) is 3.80. The first-order chi connectivity index (χ1) is 9.05. The van der Waals surface area contributed by atoms with Gasteiger partial charge in [0.1, 0.15) is 0 Å². The number of hydrogen-bond donors (Lipinski definition) is 1. The van der Waals surface area contributed by atoms with E-state index in [4.69, 9.17) is 5.73 Å². The average Bonchev–Trinajstić information content (AvgIpc) is 2.52. The van der Waals surface area contributed by atoms with Crippen molar-refractivity contribution in [1.29, 1.82) is 0 Å². The summed E-state index contributed by atoms with van der Waals surface area (Å²) in [6, 6.07) is 10.2. The average molecular weight is 282 g/mol. The van der Waals surface area contributed by atoms with Gasteiger partial charge in [0.25, 0.3) is 0 Å². The second-order valence-electron chi connectivity index (χ2n) is 5.26. The van der Waals surface area contributed by atoms with Gasteiger partial charge >= 0.3 is 0 Å². The van der Waals surface area contributed by atoms with Gasteiger partial charge in [-0.3, -0.25) is 0 Å². The van der Waals surface area contributed by atoms with Crippen molar-refractivity contribution in [2.75, 3.05) is 31.1 Å². The molecule has 1 atom stereocenters. The van der Waals surface area contributed by atoms with E-state index in [0.717, 1.165) is 25.9 Å². The summed E-state index contributed by atoms with van der Waals surface area (Å²) in [5, 5.41) is 0. The lowest BCUT2D eigenvalue weighted by Gasteiger charge is -2.23. The molecule has 0 aromatic heterocycles. The summed E-state index contributed by atoms with van der Waals surface area (Å²) >= 11 is 0. The van der Waals surface area contributed by atoms with E-state index in [9.17, 15) is 8.42 Å². The van der Waals surface area contributed by atoms with Gasteiger partial charge in [-0.25, -0.2) is 8.42 Å². The van der Waals surface area contributed by atoms with Gasteiger partial charge in [0.05, 0.1) is 11.5 Å². The van der Waals surface area contributed by atoms with E-state index >= 15 is 0 Å². The Hall–Kier alpha value is -0.910. The molecule has 0 bridgehead atoms. The van der Waals surface area contributed by atoms with Crippen LogP contribution in [0.3, 0.4) is 0 Å². The van der Waals surface area contributed by atoms with Crippen molar-refractivity contribution in [3.63, 3.8) is 0 Å². The highest BCUT2D eigenvalue weighted by Crippen LogP contribution is 2.07. The largest absolute Gasteiger partial charge is 0.326 e. The molecule has 0 aliphatic carbocycles. The lowest BCUT2D eigenvalue weighted by molar-refractivity contribution is 0.275. The van der Waals surface area contributed by atoms with Gasteiger partial charge in [-0.1, -0.05) is 30.3 Å². The maximum absolute atomic E-state index is 11.5. The molecule has 1 aromatic rings. The molecule has 106 valence electrons. The molecule has 19 heavy (non-hydrogen) atoms. The Kier molecular flexibility index (Phi) is 4.96. The van der Waals surface area contributed by atoms with Crippen LogP contribution in [0.1, 0.15) is 12.0 Å². The smallest absolute Gasteiger partial charge is 0.151 e.